The summed E-state index contributed by atoms with van der Waals surface area (Å²) in [4.78, 5) is 0. The molecule has 1 saturated heterocycles. The SMILES string of the molecule is C[C@@]12CCC[C@@H]1[C@]1(C)Cc3ccccc3[C@H]2O1. The maximum absolute atomic E-state index is 6.48. The van der Waals surface area contributed by atoms with Crippen molar-refractivity contribution in [3.8, 4) is 0 Å². The molecule has 17 heavy (non-hydrogen) atoms. The van der Waals surface area contributed by atoms with Gasteiger partial charge in [-0.25, -0.2) is 0 Å². The van der Waals surface area contributed by atoms with Gasteiger partial charge in [0.25, 0.3) is 0 Å². The summed E-state index contributed by atoms with van der Waals surface area (Å²) in [5.74, 6) is 0.757. The zero-order valence-electron chi connectivity index (χ0n) is 10.7. The van der Waals surface area contributed by atoms with E-state index in [0.717, 1.165) is 12.3 Å². The molecule has 1 saturated carbocycles. The Morgan fingerprint density at radius 3 is 2.94 bits per heavy atom. The molecule has 90 valence electrons. The van der Waals surface area contributed by atoms with Gasteiger partial charge in [-0.2, -0.15) is 0 Å². The molecule has 0 unspecified atom stereocenters. The molecule has 1 aromatic rings. The second kappa shape index (κ2) is 2.95. The maximum atomic E-state index is 6.48. The van der Waals surface area contributed by atoms with Gasteiger partial charge in [-0.1, -0.05) is 37.6 Å². The molecule has 1 aromatic carbocycles. The van der Waals surface area contributed by atoms with E-state index >= 15 is 0 Å². The summed E-state index contributed by atoms with van der Waals surface area (Å²) in [5, 5.41) is 0. The number of ether oxygens (including phenoxy) is 1. The summed E-state index contributed by atoms with van der Waals surface area (Å²) >= 11 is 0. The van der Waals surface area contributed by atoms with Crippen molar-refractivity contribution in [1.82, 2.24) is 0 Å². The molecule has 2 bridgehead atoms. The van der Waals surface area contributed by atoms with Gasteiger partial charge >= 0.3 is 0 Å². The lowest BCUT2D eigenvalue weighted by Crippen LogP contribution is -2.37. The Morgan fingerprint density at radius 1 is 1.24 bits per heavy atom. The topological polar surface area (TPSA) is 9.23 Å². The van der Waals surface area contributed by atoms with Gasteiger partial charge in [0, 0.05) is 11.8 Å². The Bertz CT molecular complexity index is 480. The van der Waals surface area contributed by atoms with Crippen LogP contribution in [0.1, 0.15) is 50.3 Å². The van der Waals surface area contributed by atoms with Gasteiger partial charge in [0.15, 0.2) is 0 Å². The van der Waals surface area contributed by atoms with E-state index in [2.05, 4.69) is 38.1 Å². The smallest absolute Gasteiger partial charge is 0.0892 e. The van der Waals surface area contributed by atoms with Crippen LogP contribution in [0.25, 0.3) is 0 Å². The molecule has 2 fully saturated rings. The summed E-state index contributed by atoms with van der Waals surface area (Å²) in [6.45, 7) is 4.81. The van der Waals surface area contributed by atoms with E-state index in [9.17, 15) is 0 Å². The van der Waals surface area contributed by atoms with E-state index < -0.39 is 0 Å². The van der Waals surface area contributed by atoms with Gasteiger partial charge < -0.3 is 4.74 Å². The Morgan fingerprint density at radius 2 is 2.06 bits per heavy atom. The molecule has 3 aliphatic rings. The highest BCUT2D eigenvalue weighted by Crippen LogP contribution is 2.66. The van der Waals surface area contributed by atoms with Crippen LogP contribution in [0.2, 0.25) is 0 Å². The monoisotopic (exact) mass is 228 g/mol. The molecule has 1 aliphatic carbocycles. The van der Waals surface area contributed by atoms with Crippen LogP contribution in [-0.4, -0.2) is 5.60 Å². The molecular weight excluding hydrogens is 208 g/mol. The van der Waals surface area contributed by atoms with Crippen LogP contribution in [0.5, 0.6) is 0 Å². The van der Waals surface area contributed by atoms with Crippen LogP contribution < -0.4 is 0 Å². The molecule has 2 heterocycles. The Labute approximate surface area is 103 Å². The lowest BCUT2D eigenvalue weighted by molar-refractivity contribution is -0.0671. The van der Waals surface area contributed by atoms with Crippen molar-refractivity contribution in [2.75, 3.05) is 0 Å². The minimum absolute atomic E-state index is 0.101. The van der Waals surface area contributed by atoms with Crippen LogP contribution in [-0.2, 0) is 11.2 Å². The maximum Gasteiger partial charge on any atom is 0.0892 e. The molecular formula is C16H20O. The van der Waals surface area contributed by atoms with Crippen molar-refractivity contribution >= 4 is 0 Å². The third kappa shape index (κ3) is 1.09. The van der Waals surface area contributed by atoms with E-state index in [0.29, 0.717) is 11.5 Å². The summed E-state index contributed by atoms with van der Waals surface area (Å²) < 4.78 is 6.48. The first kappa shape index (κ1) is 10.1. The molecule has 0 N–H and O–H groups in total. The van der Waals surface area contributed by atoms with Crippen molar-refractivity contribution in [3.05, 3.63) is 35.4 Å². The summed E-state index contributed by atoms with van der Waals surface area (Å²) in [5.41, 5.74) is 3.49. The second-order valence-corrected chi connectivity index (χ2v) is 6.64. The molecule has 2 aliphatic heterocycles. The molecule has 0 radical (unpaired) electrons. The Balaban J connectivity index is 1.93. The largest absolute Gasteiger partial charge is 0.366 e. The van der Waals surface area contributed by atoms with E-state index in [4.69, 9.17) is 4.74 Å². The molecule has 0 aromatic heterocycles. The van der Waals surface area contributed by atoms with Crippen molar-refractivity contribution < 1.29 is 4.74 Å². The van der Waals surface area contributed by atoms with Crippen molar-refractivity contribution in [2.24, 2.45) is 11.3 Å². The lowest BCUT2D eigenvalue weighted by atomic mass is 9.72. The minimum atomic E-state index is 0.101. The highest BCUT2D eigenvalue weighted by Gasteiger charge is 2.63. The lowest BCUT2D eigenvalue weighted by Gasteiger charge is -2.35. The van der Waals surface area contributed by atoms with Crippen LogP contribution in [0, 0.1) is 11.3 Å². The molecule has 0 spiro atoms. The fraction of sp³-hybridized carbons (Fsp3) is 0.625. The van der Waals surface area contributed by atoms with Crippen LogP contribution in [0.15, 0.2) is 24.3 Å². The minimum Gasteiger partial charge on any atom is -0.366 e. The van der Waals surface area contributed by atoms with Gasteiger partial charge in [0.05, 0.1) is 11.7 Å². The van der Waals surface area contributed by atoms with Crippen molar-refractivity contribution in [1.29, 1.82) is 0 Å². The zero-order valence-corrected chi connectivity index (χ0v) is 10.7. The van der Waals surface area contributed by atoms with Crippen LogP contribution >= 0.6 is 0 Å². The third-order valence-electron chi connectivity index (χ3n) is 5.61. The van der Waals surface area contributed by atoms with Crippen molar-refractivity contribution in [3.63, 3.8) is 0 Å². The summed E-state index contributed by atoms with van der Waals surface area (Å²) in [6, 6.07) is 8.92. The van der Waals surface area contributed by atoms with E-state index in [1.165, 1.54) is 30.4 Å². The number of fused-ring (bicyclic) bond motifs is 7. The average molecular weight is 228 g/mol. The third-order valence-corrected chi connectivity index (χ3v) is 5.61. The predicted octanol–water partition coefficient (Wildman–Crippen LogP) is 3.88. The number of rotatable bonds is 0. The van der Waals surface area contributed by atoms with E-state index in [-0.39, 0.29) is 5.60 Å². The highest BCUT2D eigenvalue weighted by molar-refractivity contribution is 5.38. The fourth-order valence-corrected chi connectivity index (χ4v) is 4.91. The zero-order chi connectivity index (χ0) is 11.7. The van der Waals surface area contributed by atoms with Crippen molar-refractivity contribution in [2.45, 2.75) is 51.2 Å². The van der Waals surface area contributed by atoms with Gasteiger partial charge in [0.2, 0.25) is 0 Å². The molecule has 4 atom stereocenters. The molecule has 1 nitrogen and oxygen atoms in total. The number of hydrogen-bond donors (Lipinski definition) is 0. The number of hydrogen-bond acceptors (Lipinski definition) is 1. The quantitative estimate of drug-likeness (QED) is 0.655. The predicted molar refractivity (Wildman–Crippen MR) is 67.8 cm³/mol. The summed E-state index contributed by atoms with van der Waals surface area (Å²) in [7, 11) is 0. The van der Waals surface area contributed by atoms with E-state index in [1.54, 1.807) is 0 Å². The summed E-state index contributed by atoms with van der Waals surface area (Å²) in [6.07, 6.45) is 5.55. The first-order valence-electron chi connectivity index (χ1n) is 6.89. The molecule has 0 amide bonds. The molecule has 1 heteroatoms. The average Bonchev–Trinajstić information content (AvgIpc) is 2.78. The van der Waals surface area contributed by atoms with Gasteiger partial charge in [-0.3, -0.25) is 0 Å². The van der Waals surface area contributed by atoms with Gasteiger partial charge in [-0.15, -0.1) is 0 Å². The first-order valence-corrected chi connectivity index (χ1v) is 6.89. The van der Waals surface area contributed by atoms with Gasteiger partial charge in [-0.05, 0) is 36.8 Å². The van der Waals surface area contributed by atoms with Crippen LogP contribution in [0.3, 0.4) is 0 Å². The first-order chi connectivity index (χ1) is 8.13. The fourth-order valence-electron chi connectivity index (χ4n) is 4.91. The van der Waals surface area contributed by atoms with Crippen LogP contribution in [0.4, 0.5) is 0 Å². The van der Waals surface area contributed by atoms with E-state index in [1.807, 2.05) is 0 Å². The highest BCUT2D eigenvalue weighted by atomic mass is 16.5. The standard InChI is InChI=1S/C16H20O/c1-15-9-5-8-13(15)16(2)10-11-6-3-4-7-12(11)14(15)17-16/h3-4,6-7,13-14H,5,8-10H2,1-2H3/t13-,14+,15+,16-/m0/s1. The normalized spacial score (nSPS) is 46.7. The molecule has 4 rings (SSSR count). The number of benzene rings is 1. The Kier molecular flexibility index (Phi) is 1.76. The Hall–Kier alpha value is -0.820. The second-order valence-electron chi connectivity index (χ2n) is 6.64. The van der Waals surface area contributed by atoms with Gasteiger partial charge in [0.1, 0.15) is 0 Å².